The Kier molecular flexibility index (Phi) is 3.39. The van der Waals surface area contributed by atoms with Crippen molar-refractivity contribution in [3.63, 3.8) is 0 Å². The molecule has 0 aromatic rings. The number of hydrogen-bond donors (Lipinski definition) is 7. The summed E-state index contributed by atoms with van der Waals surface area (Å²) < 4.78 is 0. The van der Waals surface area contributed by atoms with Crippen LogP contribution in [0.2, 0.25) is 0 Å². The van der Waals surface area contributed by atoms with Crippen LogP contribution >= 0.6 is 0 Å². The second-order valence-corrected chi connectivity index (χ2v) is 3.33. The quantitative estimate of drug-likeness (QED) is 0.234. The molecule has 0 saturated heterocycles. The molecule has 1 atom stereocenters. The van der Waals surface area contributed by atoms with Crippen molar-refractivity contribution in [1.82, 2.24) is 0 Å². The third-order valence-corrected chi connectivity index (χ3v) is 1.75. The Hall–Kier alpha value is -0.280. The molecule has 0 amide bonds. The smallest absolute Gasteiger partial charge is 0.294 e. The number of aliphatic hydroxyl groups is 6. The summed E-state index contributed by atoms with van der Waals surface area (Å²) in [5, 5.41) is 51.4. The Labute approximate surface area is 74.7 Å². The van der Waals surface area contributed by atoms with Crippen LogP contribution in [0.1, 0.15) is 19.8 Å². The summed E-state index contributed by atoms with van der Waals surface area (Å²) in [7, 11) is 0. The Morgan fingerprint density at radius 3 is 1.54 bits per heavy atom. The highest BCUT2D eigenvalue weighted by molar-refractivity contribution is 4.85. The van der Waals surface area contributed by atoms with Crippen LogP contribution < -0.4 is 5.73 Å². The van der Waals surface area contributed by atoms with E-state index < -0.39 is 30.3 Å². The van der Waals surface area contributed by atoms with Gasteiger partial charge in [-0.3, -0.25) is 0 Å². The fourth-order valence-electron chi connectivity index (χ4n) is 0.595. The molecule has 1 unspecified atom stereocenters. The number of rotatable bonds is 4. The Morgan fingerprint density at radius 2 is 1.31 bits per heavy atom. The first kappa shape index (κ1) is 12.7. The lowest BCUT2D eigenvalue weighted by molar-refractivity contribution is -0.355. The van der Waals surface area contributed by atoms with E-state index in [1.54, 1.807) is 0 Å². The van der Waals surface area contributed by atoms with Crippen LogP contribution in [0.5, 0.6) is 0 Å². The molecule has 80 valence electrons. The van der Waals surface area contributed by atoms with Crippen molar-refractivity contribution >= 4 is 0 Å². The van der Waals surface area contributed by atoms with Gasteiger partial charge in [0.2, 0.25) is 0 Å². The van der Waals surface area contributed by atoms with Crippen molar-refractivity contribution in [3.05, 3.63) is 0 Å². The molecule has 0 aliphatic heterocycles. The van der Waals surface area contributed by atoms with Gasteiger partial charge in [0.25, 0.3) is 11.9 Å². The summed E-state index contributed by atoms with van der Waals surface area (Å²) in [4.78, 5) is 0. The molecule has 0 saturated carbocycles. The minimum atomic E-state index is -3.14. The lowest BCUT2D eigenvalue weighted by Gasteiger charge is -2.33. The molecule has 0 spiro atoms. The largest absolute Gasteiger partial charge is 0.344 e. The van der Waals surface area contributed by atoms with Crippen molar-refractivity contribution in [2.75, 3.05) is 0 Å². The van der Waals surface area contributed by atoms with Crippen LogP contribution in [0.3, 0.4) is 0 Å². The molecule has 0 heterocycles. The maximum absolute atomic E-state index is 8.68. The van der Waals surface area contributed by atoms with Crippen molar-refractivity contribution in [1.29, 1.82) is 0 Å². The van der Waals surface area contributed by atoms with E-state index in [1.807, 2.05) is 0 Å². The maximum Gasteiger partial charge on any atom is 0.294 e. The summed E-state index contributed by atoms with van der Waals surface area (Å²) in [5.41, 5.74) is 3.35. The summed E-state index contributed by atoms with van der Waals surface area (Å²) in [6.07, 6.45) is -1.02. The SMILES string of the molecule is CC(N)(CCC(O)(O)O)C(O)(O)O. The topological polar surface area (TPSA) is 147 Å². The normalized spacial score (nSPS) is 18.5. The zero-order chi connectivity index (χ0) is 10.9. The highest BCUT2D eigenvalue weighted by atomic mass is 16.7. The molecule has 0 aromatic carbocycles. The van der Waals surface area contributed by atoms with Gasteiger partial charge in [0.1, 0.15) is 0 Å². The van der Waals surface area contributed by atoms with E-state index in [-0.39, 0.29) is 0 Å². The second-order valence-electron chi connectivity index (χ2n) is 3.33. The average Bonchev–Trinajstić information content (AvgIpc) is 1.79. The summed E-state index contributed by atoms with van der Waals surface area (Å²) >= 11 is 0. The van der Waals surface area contributed by atoms with Gasteiger partial charge in [-0.2, -0.15) is 0 Å². The van der Waals surface area contributed by atoms with E-state index in [0.717, 1.165) is 6.92 Å². The first-order chi connectivity index (χ1) is 5.46. The predicted molar refractivity (Wildman–Crippen MR) is 40.6 cm³/mol. The van der Waals surface area contributed by atoms with Crippen LogP contribution in [0.15, 0.2) is 0 Å². The molecular weight excluding hydrogens is 182 g/mol. The molecular formula is C6H15NO6. The van der Waals surface area contributed by atoms with Crippen LogP contribution in [0.4, 0.5) is 0 Å². The lowest BCUT2D eigenvalue weighted by Crippen LogP contribution is -2.59. The average molecular weight is 197 g/mol. The van der Waals surface area contributed by atoms with Crippen LogP contribution in [0, 0.1) is 0 Å². The van der Waals surface area contributed by atoms with E-state index in [0.29, 0.717) is 0 Å². The maximum atomic E-state index is 8.68. The molecule has 0 aromatic heterocycles. The monoisotopic (exact) mass is 197 g/mol. The van der Waals surface area contributed by atoms with E-state index >= 15 is 0 Å². The Bertz CT molecular complexity index is 167. The highest BCUT2D eigenvalue weighted by Crippen LogP contribution is 2.22. The molecule has 0 radical (unpaired) electrons. The first-order valence-electron chi connectivity index (χ1n) is 3.59. The van der Waals surface area contributed by atoms with Crippen LogP contribution in [-0.2, 0) is 0 Å². The predicted octanol–water partition coefficient (Wildman–Crippen LogP) is -3.25. The van der Waals surface area contributed by atoms with Gasteiger partial charge in [-0.15, -0.1) is 0 Å². The summed E-state index contributed by atoms with van der Waals surface area (Å²) in [5.74, 6) is -6.08. The van der Waals surface area contributed by atoms with Gasteiger partial charge in [-0.05, 0) is 13.3 Å². The molecule has 8 N–H and O–H groups in total. The summed E-state index contributed by atoms with van der Waals surface area (Å²) in [6, 6.07) is 0. The van der Waals surface area contributed by atoms with E-state index in [4.69, 9.17) is 36.4 Å². The summed E-state index contributed by atoms with van der Waals surface area (Å²) in [6.45, 7) is 1.08. The van der Waals surface area contributed by atoms with Gasteiger partial charge >= 0.3 is 0 Å². The molecule has 13 heavy (non-hydrogen) atoms. The molecule has 0 rings (SSSR count). The molecule has 0 bridgehead atoms. The Balaban J connectivity index is 4.21. The van der Waals surface area contributed by atoms with E-state index in [1.165, 1.54) is 0 Å². The van der Waals surface area contributed by atoms with Crippen molar-refractivity contribution in [3.8, 4) is 0 Å². The number of nitrogens with two attached hydrogens (primary N) is 1. The van der Waals surface area contributed by atoms with Crippen molar-refractivity contribution < 1.29 is 30.6 Å². The van der Waals surface area contributed by atoms with Gasteiger partial charge in [0.15, 0.2) is 0 Å². The minimum absolute atomic E-state index is 0.403. The standard InChI is InChI=1S/C6H15NO6/c1-4(7,6(11,12)13)2-3-5(8,9)10/h8-13H,2-3,7H2,1H3. The fraction of sp³-hybridized carbons (Fsp3) is 1.00. The van der Waals surface area contributed by atoms with Crippen molar-refractivity contribution in [2.24, 2.45) is 5.73 Å². The van der Waals surface area contributed by atoms with E-state index in [2.05, 4.69) is 0 Å². The zero-order valence-electron chi connectivity index (χ0n) is 7.17. The van der Waals surface area contributed by atoms with E-state index in [9.17, 15) is 0 Å². The molecule has 7 nitrogen and oxygen atoms in total. The minimum Gasteiger partial charge on any atom is -0.344 e. The third-order valence-electron chi connectivity index (χ3n) is 1.75. The van der Waals surface area contributed by atoms with Gasteiger partial charge < -0.3 is 36.4 Å². The second kappa shape index (κ2) is 3.46. The molecule has 7 heteroatoms. The van der Waals surface area contributed by atoms with Gasteiger partial charge in [0, 0.05) is 6.42 Å². The van der Waals surface area contributed by atoms with Gasteiger partial charge in [-0.25, -0.2) is 0 Å². The fourth-order valence-corrected chi connectivity index (χ4v) is 0.595. The molecule has 0 aliphatic rings. The third kappa shape index (κ3) is 4.48. The van der Waals surface area contributed by atoms with Crippen LogP contribution in [-0.4, -0.2) is 48.1 Å². The lowest BCUT2D eigenvalue weighted by atomic mass is 9.93. The van der Waals surface area contributed by atoms with Crippen LogP contribution in [0.25, 0.3) is 0 Å². The van der Waals surface area contributed by atoms with Crippen molar-refractivity contribution in [2.45, 2.75) is 37.3 Å². The Morgan fingerprint density at radius 1 is 0.923 bits per heavy atom. The van der Waals surface area contributed by atoms with Gasteiger partial charge in [-0.1, -0.05) is 0 Å². The highest BCUT2D eigenvalue weighted by Gasteiger charge is 2.42. The first-order valence-corrected chi connectivity index (χ1v) is 3.59. The zero-order valence-corrected chi connectivity index (χ0v) is 7.17. The molecule has 0 aliphatic carbocycles. The number of hydrogen-bond acceptors (Lipinski definition) is 7. The molecule has 0 fully saturated rings. The van der Waals surface area contributed by atoms with Gasteiger partial charge in [0.05, 0.1) is 5.54 Å².